The second-order valence-electron chi connectivity index (χ2n) is 6.39. The summed E-state index contributed by atoms with van der Waals surface area (Å²) in [6.07, 6.45) is 11.2. The van der Waals surface area contributed by atoms with E-state index in [0.717, 1.165) is 31.2 Å². The van der Waals surface area contributed by atoms with E-state index in [1.54, 1.807) is 24.5 Å². The zero-order valence-electron chi connectivity index (χ0n) is 14.0. The molecule has 1 heterocycles. The lowest BCUT2D eigenvalue weighted by Crippen LogP contribution is -2.51. The van der Waals surface area contributed by atoms with Gasteiger partial charge in [0, 0.05) is 18.4 Å². The summed E-state index contributed by atoms with van der Waals surface area (Å²) in [6, 6.07) is 2.75. The van der Waals surface area contributed by atoms with E-state index in [1.165, 1.54) is 19.3 Å². The molecule has 6 heteroatoms. The van der Waals surface area contributed by atoms with Crippen LogP contribution in [-0.2, 0) is 16.0 Å². The fraction of sp³-hybridized carbons (Fsp3) is 0.611. The van der Waals surface area contributed by atoms with E-state index in [4.69, 9.17) is 0 Å². The fourth-order valence-electron chi connectivity index (χ4n) is 3.03. The van der Waals surface area contributed by atoms with Crippen molar-refractivity contribution in [3.8, 4) is 0 Å². The number of aliphatic hydroxyl groups is 1. The number of aliphatic hydroxyl groups excluding tert-OH is 1. The third kappa shape index (κ3) is 6.28. The van der Waals surface area contributed by atoms with Crippen LogP contribution in [0.15, 0.2) is 24.5 Å². The number of pyridine rings is 1. The number of nitrogens with zero attached hydrogens (tertiary/aromatic N) is 1. The van der Waals surface area contributed by atoms with Crippen LogP contribution in [0.1, 0.15) is 50.5 Å². The minimum atomic E-state index is -0.898. The average molecular weight is 333 g/mol. The molecule has 0 spiro atoms. The molecule has 1 aliphatic rings. The highest BCUT2D eigenvalue weighted by atomic mass is 16.3. The molecule has 1 aromatic rings. The molecule has 0 unspecified atom stereocenters. The highest BCUT2D eigenvalue weighted by molar-refractivity contribution is 5.88. The van der Waals surface area contributed by atoms with Gasteiger partial charge in [-0.25, -0.2) is 0 Å². The van der Waals surface area contributed by atoms with Crippen molar-refractivity contribution in [3.05, 3.63) is 30.1 Å². The number of hydrogen-bond acceptors (Lipinski definition) is 4. The molecule has 0 radical (unpaired) electrons. The first-order valence-corrected chi connectivity index (χ1v) is 8.78. The van der Waals surface area contributed by atoms with Crippen LogP contribution < -0.4 is 10.6 Å². The number of aromatic nitrogens is 1. The van der Waals surface area contributed by atoms with E-state index in [1.807, 2.05) is 0 Å². The quantitative estimate of drug-likeness (QED) is 0.732. The zero-order chi connectivity index (χ0) is 17.2. The molecule has 3 N–H and O–H groups in total. The minimum absolute atomic E-state index is 0.143. The van der Waals surface area contributed by atoms with Crippen LogP contribution in [0, 0.1) is 0 Å². The molecule has 1 aliphatic carbocycles. The summed E-state index contributed by atoms with van der Waals surface area (Å²) in [5.41, 5.74) is 0.819. The van der Waals surface area contributed by atoms with Gasteiger partial charge in [0.2, 0.25) is 11.8 Å². The predicted molar refractivity (Wildman–Crippen MR) is 91.2 cm³/mol. The van der Waals surface area contributed by atoms with Crippen molar-refractivity contribution in [1.29, 1.82) is 0 Å². The molecule has 132 valence electrons. The lowest BCUT2D eigenvalue weighted by Gasteiger charge is -2.24. The molecule has 1 atom stereocenters. The van der Waals surface area contributed by atoms with Crippen LogP contribution in [-0.4, -0.2) is 40.6 Å². The largest absolute Gasteiger partial charge is 0.394 e. The predicted octanol–water partition coefficient (Wildman–Crippen LogP) is 1.33. The van der Waals surface area contributed by atoms with E-state index in [-0.39, 0.29) is 24.3 Å². The number of carbonyl (C=O) groups is 2. The summed E-state index contributed by atoms with van der Waals surface area (Å²) in [5, 5.41) is 15.1. The Hall–Kier alpha value is -1.95. The number of nitrogens with one attached hydrogen (secondary N) is 2. The van der Waals surface area contributed by atoms with Gasteiger partial charge in [0.15, 0.2) is 0 Å². The molecule has 1 aromatic heterocycles. The Bertz CT molecular complexity index is 514. The molecule has 2 rings (SSSR count). The Morgan fingerprint density at radius 1 is 1.12 bits per heavy atom. The Morgan fingerprint density at radius 2 is 1.75 bits per heavy atom. The third-order valence-electron chi connectivity index (χ3n) is 4.40. The first-order valence-electron chi connectivity index (χ1n) is 8.78. The normalized spacial score (nSPS) is 17.4. The van der Waals surface area contributed by atoms with Gasteiger partial charge >= 0.3 is 0 Å². The van der Waals surface area contributed by atoms with E-state index in [2.05, 4.69) is 15.6 Å². The number of rotatable bonds is 6. The van der Waals surface area contributed by atoms with Crippen molar-refractivity contribution in [1.82, 2.24) is 15.6 Å². The second-order valence-corrected chi connectivity index (χ2v) is 6.39. The van der Waals surface area contributed by atoms with Gasteiger partial charge in [0.05, 0.1) is 13.0 Å². The Morgan fingerprint density at radius 3 is 2.38 bits per heavy atom. The minimum Gasteiger partial charge on any atom is -0.394 e. The Labute approximate surface area is 143 Å². The molecule has 0 saturated heterocycles. The van der Waals surface area contributed by atoms with Crippen LogP contribution in [0.2, 0.25) is 0 Å². The standard InChI is InChI=1S/C18H27N3O3/c22-13-16(21-17(23)12-14-8-10-19-11-9-14)18(24)20-15-6-4-2-1-3-5-7-15/h8-11,15-16,22H,1-7,12-13H2,(H,20,24)(H,21,23)/t16-/m0/s1. The van der Waals surface area contributed by atoms with Gasteiger partial charge in [-0.05, 0) is 30.5 Å². The molecule has 1 saturated carbocycles. The highest BCUT2D eigenvalue weighted by Gasteiger charge is 2.23. The monoisotopic (exact) mass is 333 g/mol. The van der Waals surface area contributed by atoms with Crippen LogP contribution in [0.25, 0.3) is 0 Å². The lowest BCUT2D eigenvalue weighted by atomic mass is 9.96. The summed E-state index contributed by atoms with van der Waals surface area (Å²) in [5.74, 6) is -0.584. The van der Waals surface area contributed by atoms with E-state index >= 15 is 0 Å². The summed E-state index contributed by atoms with van der Waals surface area (Å²) in [4.78, 5) is 28.3. The average Bonchev–Trinajstić information content (AvgIpc) is 2.55. The van der Waals surface area contributed by atoms with Gasteiger partial charge in [-0.3, -0.25) is 14.6 Å². The van der Waals surface area contributed by atoms with Crippen molar-refractivity contribution in [2.75, 3.05) is 6.61 Å². The van der Waals surface area contributed by atoms with Crippen molar-refractivity contribution in [2.45, 2.75) is 63.5 Å². The van der Waals surface area contributed by atoms with Crippen molar-refractivity contribution < 1.29 is 14.7 Å². The highest BCUT2D eigenvalue weighted by Crippen LogP contribution is 2.17. The topological polar surface area (TPSA) is 91.3 Å². The van der Waals surface area contributed by atoms with Crippen LogP contribution in [0.5, 0.6) is 0 Å². The molecule has 1 fully saturated rings. The van der Waals surface area contributed by atoms with E-state index in [9.17, 15) is 14.7 Å². The third-order valence-corrected chi connectivity index (χ3v) is 4.40. The smallest absolute Gasteiger partial charge is 0.245 e. The SMILES string of the molecule is O=C(Cc1ccncc1)N[C@@H](CO)C(=O)NC1CCCCCCC1. The van der Waals surface area contributed by atoms with Crippen molar-refractivity contribution >= 4 is 11.8 Å². The number of hydrogen-bond donors (Lipinski definition) is 3. The van der Waals surface area contributed by atoms with Gasteiger partial charge in [-0.1, -0.05) is 32.1 Å². The molecular weight excluding hydrogens is 306 g/mol. The van der Waals surface area contributed by atoms with Crippen LogP contribution >= 0.6 is 0 Å². The van der Waals surface area contributed by atoms with Crippen molar-refractivity contribution in [2.24, 2.45) is 0 Å². The Balaban J connectivity index is 1.82. The molecular formula is C18H27N3O3. The van der Waals surface area contributed by atoms with Gasteiger partial charge in [-0.15, -0.1) is 0 Å². The number of carbonyl (C=O) groups excluding carboxylic acids is 2. The maximum atomic E-state index is 12.3. The van der Waals surface area contributed by atoms with Gasteiger partial charge in [0.1, 0.15) is 6.04 Å². The maximum absolute atomic E-state index is 12.3. The number of amides is 2. The first kappa shape index (κ1) is 18.4. The van der Waals surface area contributed by atoms with Gasteiger partial charge in [0.25, 0.3) is 0 Å². The van der Waals surface area contributed by atoms with Gasteiger partial charge in [-0.2, -0.15) is 0 Å². The molecule has 0 bridgehead atoms. The second kappa shape index (κ2) is 10.0. The Kier molecular flexibility index (Phi) is 7.68. The molecule has 0 aliphatic heterocycles. The maximum Gasteiger partial charge on any atom is 0.245 e. The first-order chi connectivity index (χ1) is 11.7. The van der Waals surface area contributed by atoms with Gasteiger partial charge < -0.3 is 15.7 Å². The van der Waals surface area contributed by atoms with Crippen molar-refractivity contribution in [3.63, 3.8) is 0 Å². The molecule has 2 amide bonds. The summed E-state index contributed by atoms with van der Waals surface area (Å²) in [7, 11) is 0. The van der Waals surface area contributed by atoms with E-state index < -0.39 is 12.6 Å². The van der Waals surface area contributed by atoms with Crippen LogP contribution in [0.3, 0.4) is 0 Å². The molecule has 0 aromatic carbocycles. The lowest BCUT2D eigenvalue weighted by molar-refractivity contribution is -0.130. The summed E-state index contributed by atoms with van der Waals surface area (Å²) >= 11 is 0. The summed E-state index contributed by atoms with van der Waals surface area (Å²) in [6.45, 7) is -0.402. The fourth-order valence-corrected chi connectivity index (χ4v) is 3.03. The summed E-state index contributed by atoms with van der Waals surface area (Å²) < 4.78 is 0. The molecule has 24 heavy (non-hydrogen) atoms. The van der Waals surface area contributed by atoms with E-state index in [0.29, 0.717) is 0 Å². The van der Waals surface area contributed by atoms with Crippen LogP contribution in [0.4, 0.5) is 0 Å². The molecule has 6 nitrogen and oxygen atoms in total. The zero-order valence-corrected chi connectivity index (χ0v) is 14.0.